The lowest BCUT2D eigenvalue weighted by atomic mass is 9.96. The molecule has 0 aliphatic heterocycles. The highest BCUT2D eigenvalue weighted by Crippen LogP contribution is 2.48. The van der Waals surface area contributed by atoms with Crippen LogP contribution >= 0.6 is 0 Å². The lowest BCUT2D eigenvalue weighted by molar-refractivity contribution is 0.385. The van der Waals surface area contributed by atoms with E-state index in [4.69, 9.17) is 10.5 Å². The number of rotatable bonds is 3. The molecule has 2 N–H and O–H groups in total. The molecule has 1 aromatic rings. The molecule has 1 aromatic carbocycles. The Bertz CT molecular complexity index is 347. The molecule has 1 fully saturated rings. The number of benzene rings is 1. The van der Waals surface area contributed by atoms with Gasteiger partial charge in [0.2, 0.25) is 0 Å². The Morgan fingerprint density at radius 1 is 1.50 bits per heavy atom. The largest absolute Gasteiger partial charge is 0.494 e. The minimum absolute atomic E-state index is 0.0982. The summed E-state index contributed by atoms with van der Waals surface area (Å²) in [5.41, 5.74) is 6.89. The van der Waals surface area contributed by atoms with Crippen LogP contribution in [0.15, 0.2) is 18.2 Å². The van der Waals surface area contributed by atoms with E-state index < -0.39 is 0 Å². The summed E-state index contributed by atoms with van der Waals surface area (Å²) in [6.07, 6.45) is 2.19. The van der Waals surface area contributed by atoms with E-state index in [1.807, 2.05) is 0 Å². The highest BCUT2D eigenvalue weighted by atomic mass is 19.1. The first-order chi connectivity index (χ1) is 6.72. The van der Waals surface area contributed by atoms with Crippen molar-refractivity contribution >= 4 is 0 Å². The maximum atomic E-state index is 13.1. The molecular weight excluding hydrogens is 181 g/mol. The maximum absolute atomic E-state index is 13.1. The lowest BCUT2D eigenvalue weighted by Gasteiger charge is -2.13. The second-order valence-electron chi connectivity index (χ2n) is 3.83. The highest BCUT2D eigenvalue weighted by molar-refractivity contribution is 5.38. The van der Waals surface area contributed by atoms with Crippen LogP contribution in [0.1, 0.15) is 18.4 Å². The molecule has 1 aliphatic carbocycles. The number of hydrogen-bond donors (Lipinski definition) is 1. The molecule has 1 saturated carbocycles. The summed E-state index contributed by atoms with van der Waals surface area (Å²) in [5.74, 6) is -0.00806. The molecule has 0 saturated heterocycles. The number of halogens is 1. The van der Waals surface area contributed by atoms with Gasteiger partial charge in [-0.25, -0.2) is 4.39 Å². The number of hydrogen-bond acceptors (Lipinski definition) is 2. The Morgan fingerprint density at radius 2 is 2.21 bits per heavy atom. The van der Waals surface area contributed by atoms with Crippen LogP contribution < -0.4 is 10.5 Å². The van der Waals surface area contributed by atoms with Crippen molar-refractivity contribution in [1.82, 2.24) is 0 Å². The van der Waals surface area contributed by atoms with Gasteiger partial charge in [-0.2, -0.15) is 0 Å². The van der Waals surface area contributed by atoms with Crippen LogP contribution in [0.4, 0.5) is 4.39 Å². The molecule has 1 aliphatic rings. The smallest absolute Gasteiger partial charge is 0.165 e. The van der Waals surface area contributed by atoms with Crippen LogP contribution in [0.2, 0.25) is 0 Å². The summed E-state index contributed by atoms with van der Waals surface area (Å²) in [6, 6.07) is 5.01. The third-order valence-corrected chi connectivity index (χ3v) is 3.01. The van der Waals surface area contributed by atoms with Crippen molar-refractivity contribution in [3.05, 3.63) is 29.6 Å². The van der Waals surface area contributed by atoms with E-state index in [9.17, 15) is 4.39 Å². The summed E-state index contributed by atoms with van der Waals surface area (Å²) in [4.78, 5) is 0. The monoisotopic (exact) mass is 195 g/mol. The van der Waals surface area contributed by atoms with Crippen LogP contribution in [-0.4, -0.2) is 13.7 Å². The average Bonchev–Trinajstić information content (AvgIpc) is 2.99. The molecule has 0 amide bonds. The Morgan fingerprint density at radius 3 is 2.71 bits per heavy atom. The first kappa shape index (κ1) is 9.46. The van der Waals surface area contributed by atoms with Gasteiger partial charge in [0.05, 0.1) is 7.11 Å². The zero-order valence-corrected chi connectivity index (χ0v) is 8.22. The van der Waals surface area contributed by atoms with Crippen LogP contribution in [0.5, 0.6) is 5.75 Å². The van der Waals surface area contributed by atoms with Crippen molar-refractivity contribution in [3.8, 4) is 5.75 Å². The van der Waals surface area contributed by atoms with Crippen molar-refractivity contribution < 1.29 is 9.13 Å². The van der Waals surface area contributed by atoms with Crippen molar-refractivity contribution in [2.75, 3.05) is 13.7 Å². The van der Waals surface area contributed by atoms with E-state index in [1.54, 1.807) is 12.1 Å². The molecule has 0 heterocycles. The highest BCUT2D eigenvalue weighted by Gasteiger charge is 2.43. The van der Waals surface area contributed by atoms with Gasteiger partial charge in [-0.3, -0.25) is 0 Å². The molecule has 14 heavy (non-hydrogen) atoms. The predicted octanol–water partition coefficient (Wildman–Crippen LogP) is 1.82. The fourth-order valence-corrected chi connectivity index (χ4v) is 1.75. The Balaban J connectivity index is 2.36. The summed E-state index contributed by atoms with van der Waals surface area (Å²) in [5, 5.41) is 0. The molecule has 0 bridgehead atoms. The van der Waals surface area contributed by atoms with Crippen molar-refractivity contribution in [2.45, 2.75) is 18.3 Å². The van der Waals surface area contributed by atoms with E-state index >= 15 is 0 Å². The van der Waals surface area contributed by atoms with Gasteiger partial charge >= 0.3 is 0 Å². The van der Waals surface area contributed by atoms with Gasteiger partial charge in [0.15, 0.2) is 11.6 Å². The summed E-state index contributed by atoms with van der Waals surface area (Å²) < 4.78 is 18.1. The zero-order valence-electron chi connectivity index (χ0n) is 8.22. The number of nitrogens with two attached hydrogens (primary N) is 1. The minimum atomic E-state index is -0.316. The van der Waals surface area contributed by atoms with Crippen LogP contribution in [-0.2, 0) is 5.41 Å². The van der Waals surface area contributed by atoms with Gasteiger partial charge in [0.25, 0.3) is 0 Å². The van der Waals surface area contributed by atoms with Gasteiger partial charge < -0.3 is 10.5 Å². The van der Waals surface area contributed by atoms with Crippen molar-refractivity contribution in [1.29, 1.82) is 0 Å². The van der Waals surface area contributed by atoms with Gasteiger partial charge in [-0.1, -0.05) is 6.07 Å². The topological polar surface area (TPSA) is 35.2 Å². The zero-order chi connectivity index (χ0) is 10.2. The quantitative estimate of drug-likeness (QED) is 0.798. The molecule has 3 heteroatoms. The van der Waals surface area contributed by atoms with Gasteiger partial charge in [0, 0.05) is 12.0 Å². The SMILES string of the molecule is COc1cc(C2(CN)CC2)ccc1F. The van der Waals surface area contributed by atoms with Crippen molar-refractivity contribution in [2.24, 2.45) is 5.73 Å². The molecule has 0 atom stereocenters. The number of ether oxygens (including phenoxy) is 1. The normalized spacial score (nSPS) is 17.9. The van der Waals surface area contributed by atoms with E-state index in [0.29, 0.717) is 12.3 Å². The molecular formula is C11H14FNO. The minimum Gasteiger partial charge on any atom is -0.494 e. The van der Waals surface area contributed by atoms with E-state index in [-0.39, 0.29) is 11.2 Å². The number of methoxy groups -OCH3 is 1. The second-order valence-corrected chi connectivity index (χ2v) is 3.83. The molecule has 0 aromatic heterocycles. The molecule has 2 rings (SSSR count). The third-order valence-electron chi connectivity index (χ3n) is 3.01. The van der Waals surface area contributed by atoms with Gasteiger partial charge in [-0.15, -0.1) is 0 Å². The van der Waals surface area contributed by atoms with Crippen LogP contribution in [0.3, 0.4) is 0 Å². The maximum Gasteiger partial charge on any atom is 0.165 e. The van der Waals surface area contributed by atoms with Crippen molar-refractivity contribution in [3.63, 3.8) is 0 Å². The fraction of sp³-hybridized carbons (Fsp3) is 0.455. The van der Waals surface area contributed by atoms with Crippen LogP contribution in [0, 0.1) is 5.82 Å². The summed E-state index contributed by atoms with van der Waals surface area (Å²) in [6.45, 7) is 0.627. The molecule has 0 spiro atoms. The molecule has 0 unspecified atom stereocenters. The van der Waals surface area contributed by atoms with Crippen LogP contribution in [0.25, 0.3) is 0 Å². The average molecular weight is 195 g/mol. The summed E-state index contributed by atoms with van der Waals surface area (Å²) >= 11 is 0. The van der Waals surface area contributed by atoms with Gasteiger partial charge in [0.1, 0.15) is 0 Å². The standard InChI is InChI=1S/C11H14FNO/c1-14-10-6-8(2-3-9(10)12)11(7-13)4-5-11/h2-3,6H,4-5,7,13H2,1H3. The molecule has 2 nitrogen and oxygen atoms in total. The van der Waals surface area contributed by atoms with E-state index in [2.05, 4.69) is 0 Å². The Labute approximate surface area is 82.9 Å². The van der Waals surface area contributed by atoms with Gasteiger partial charge in [-0.05, 0) is 30.5 Å². The van der Waals surface area contributed by atoms with E-state index in [1.165, 1.54) is 13.2 Å². The molecule has 76 valence electrons. The van der Waals surface area contributed by atoms with E-state index in [0.717, 1.165) is 18.4 Å². The molecule has 0 radical (unpaired) electrons. The lowest BCUT2D eigenvalue weighted by Crippen LogP contribution is -2.19. The Kier molecular flexibility index (Phi) is 2.19. The first-order valence-electron chi connectivity index (χ1n) is 4.76. The first-order valence-corrected chi connectivity index (χ1v) is 4.76. The third kappa shape index (κ3) is 1.38. The predicted molar refractivity (Wildman–Crippen MR) is 52.9 cm³/mol. The fourth-order valence-electron chi connectivity index (χ4n) is 1.75. The Hall–Kier alpha value is -1.09. The second kappa shape index (κ2) is 3.24. The summed E-state index contributed by atoms with van der Waals surface area (Å²) in [7, 11) is 1.48.